The quantitative estimate of drug-likeness (QED) is 0.886. The highest BCUT2D eigenvalue weighted by molar-refractivity contribution is 7.87. The zero-order valence-corrected chi connectivity index (χ0v) is 13.2. The first-order valence-electron chi connectivity index (χ1n) is 7.64. The Morgan fingerprint density at radius 2 is 2.10 bits per heavy atom. The molecule has 0 bridgehead atoms. The zero-order valence-electron chi connectivity index (χ0n) is 12.4. The second kappa shape index (κ2) is 6.04. The van der Waals surface area contributed by atoms with E-state index in [2.05, 4.69) is 22.2 Å². The summed E-state index contributed by atoms with van der Waals surface area (Å²) in [5.74, 6) is 0. The molecular formula is C15H23N3O2S. The third kappa shape index (κ3) is 3.29. The molecule has 1 unspecified atom stereocenters. The molecule has 0 spiro atoms. The molecule has 1 aromatic carbocycles. The van der Waals surface area contributed by atoms with Gasteiger partial charge in [-0.15, -0.1) is 0 Å². The lowest BCUT2D eigenvalue weighted by Gasteiger charge is -2.32. The molecular weight excluding hydrogens is 286 g/mol. The number of rotatable bonds is 4. The summed E-state index contributed by atoms with van der Waals surface area (Å²) in [5, 5.41) is 3.30. The van der Waals surface area contributed by atoms with Crippen LogP contribution in [0.1, 0.15) is 42.9 Å². The minimum atomic E-state index is -3.38. The van der Waals surface area contributed by atoms with E-state index >= 15 is 0 Å². The van der Waals surface area contributed by atoms with Crippen LogP contribution in [0.3, 0.4) is 0 Å². The lowest BCUT2D eigenvalue weighted by molar-refractivity contribution is 0.265. The highest BCUT2D eigenvalue weighted by Crippen LogP contribution is 2.20. The summed E-state index contributed by atoms with van der Waals surface area (Å²) in [4.78, 5) is 0. The number of hydrogen-bond donors (Lipinski definition) is 2. The van der Waals surface area contributed by atoms with Gasteiger partial charge in [-0.2, -0.15) is 17.4 Å². The molecule has 2 heterocycles. The summed E-state index contributed by atoms with van der Waals surface area (Å²) in [5.41, 5.74) is 3.61. The van der Waals surface area contributed by atoms with Crippen molar-refractivity contribution in [3.8, 4) is 0 Å². The maximum atomic E-state index is 12.4. The molecule has 1 atom stereocenters. The molecule has 21 heavy (non-hydrogen) atoms. The SMILES string of the molecule is CC1CCCCN1S(=O)(=O)NCc1ccc2c(c1)CNC2. The van der Waals surface area contributed by atoms with Gasteiger partial charge >= 0.3 is 0 Å². The predicted octanol–water partition coefficient (Wildman–Crippen LogP) is 1.50. The van der Waals surface area contributed by atoms with E-state index in [-0.39, 0.29) is 6.04 Å². The largest absolute Gasteiger partial charge is 0.309 e. The minimum Gasteiger partial charge on any atom is -0.309 e. The number of hydrogen-bond acceptors (Lipinski definition) is 3. The number of nitrogens with zero attached hydrogens (tertiary/aromatic N) is 1. The first-order chi connectivity index (χ1) is 10.1. The number of benzene rings is 1. The van der Waals surface area contributed by atoms with Crippen LogP contribution in [0.2, 0.25) is 0 Å². The molecule has 2 aliphatic rings. The fourth-order valence-electron chi connectivity index (χ4n) is 3.14. The van der Waals surface area contributed by atoms with Gasteiger partial charge in [-0.3, -0.25) is 0 Å². The lowest BCUT2D eigenvalue weighted by atomic mass is 10.1. The second-order valence-corrected chi connectivity index (χ2v) is 7.70. The molecule has 3 rings (SSSR count). The average molecular weight is 309 g/mol. The van der Waals surface area contributed by atoms with E-state index in [4.69, 9.17) is 0 Å². The molecule has 1 fully saturated rings. The summed E-state index contributed by atoms with van der Waals surface area (Å²) < 4.78 is 29.2. The van der Waals surface area contributed by atoms with E-state index in [1.54, 1.807) is 4.31 Å². The Morgan fingerprint density at radius 3 is 2.90 bits per heavy atom. The highest BCUT2D eigenvalue weighted by Gasteiger charge is 2.29. The fraction of sp³-hybridized carbons (Fsp3) is 0.600. The average Bonchev–Trinajstić information content (AvgIpc) is 2.93. The summed E-state index contributed by atoms with van der Waals surface area (Å²) in [6.07, 6.45) is 3.02. The van der Waals surface area contributed by atoms with Crippen molar-refractivity contribution in [3.05, 3.63) is 34.9 Å². The van der Waals surface area contributed by atoms with E-state index in [0.717, 1.165) is 37.9 Å². The van der Waals surface area contributed by atoms with Crippen LogP contribution < -0.4 is 10.0 Å². The Bertz CT molecular complexity index is 615. The van der Waals surface area contributed by atoms with Gasteiger partial charge < -0.3 is 5.32 Å². The van der Waals surface area contributed by atoms with Crippen LogP contribution in [0.15, 0.2) is 18.2 Å². The second-order valence-electron chi connectivity index (χ2n) is 5.99. The van der Waals surface area contributed by atoms with E-state index in [9.17, 15) is 8.42 Å². The van der Waals surface area contributed by atoms with Gasteiger partial charge in [-0.25, -0.2) is 0 Å². The lowest BCUT2D eigenvalue weighted by Crippen LogP contribution is -2.47. The van der Waals surface area contributed by atoms with Crippen molar-refractivity contribution in [2.45, 2.75) is 51.9 Å². The van der Waals surface area contributed by atoms with Crippen LogP contribution in [0, 0.1) is 0 Å². The maximum Gasteiger partial charge on any atom is 0.279 e. The molecule has 5 nitrogen and oxygen atoms in total. The van der Waals surface area contributed by atoms with E-state index in [1.165, 1.54) is 11.1 Å². The molecule has 0 amide bonds. The summed E-state index contributed by atoms with van der Waals surface area (Å²) in [6, 6.07) is 6.29. The molecule has 0 aliphatic carbocycles. The molecule has 1 aromatic rings. The van der Waals surface area contributed by atoms with Crippen molar-refractivity contribution >= 4 is 10.2 Å². The monoisotopic (exact) mass is 309 g/mol. The molecule has 0 radical (unpaired) electrons. The van der Waals surface area contributed by atoms with Crippen molar-refractivity contribution in [2.75, 3.05) is 6.54 Å². The Labute approximate surface area is 126 Å². The van der Waals surface area contributed by atoms with Crippen molar-refractivity contribution in [2.24, 2.45) is 0 Å². The van der Waals surface area contributed by atoms with E-state index < -0.39 is 10.2 Å². The van der Waals surface area contributed by atoms with Crippen molar-refractivity contribution in [3.63, 3.8) is 0 Å². The predicted molar refractivity (Wildman–Crippen MR) is 82.8 cm³/mol. The standard InChI is InChI=1S/C15H23N3O2S/c1-12-4-2-3-7-18(12)21(19,20)17-9-13-5-6-14-10-16-11-15(14)8-13/h5-6,8,12,16-17H,2-4,7,9-11H2,1H3. The maximum absolute atomic E-state index is 12.4. The number of piperidine rings is 1. The topological polar surface area (TPSA) is 61.4 Å². The van der Waals surface area contributed by atoms with Gasteiger partial charge in [0.25, 0.3) is 10.2 Å². The third-order valence-corrected chi connectivity index (χ3v) is 6.08. The first kappa shape index (κ1) is 15.0. The summed E-state index contributed by atoms with van der Waals surface area (Å²) >= 11 is 0. The van der Waals surface area contributed by atoms with E-state index in [1.807, 2.05) is 13.0 Å². The van der Waals surface area contributed by atoms with Crippen molar-refractivity contribution in [1.29, 1.82) is 0 Å². The minimum absolute atomic E-state index is 0.0977. The molecule has 0 saturated carbocycles. The summed E-state index contributed by atoms with van der Waals surface area (Å²) in [6.45, 7) is 4.76. The van der Waals surface area contributed by atoms with Crippen LogP contribution in [0.25, 0.3) is 0 Å². The van der Waals surface area contributed by atoms with Crippen molar-refractivity contribution < 1.29 is 8.42 Å². The van der Waals surface area contributed by atoms with Crippen LogP contribution in [0.5, 0.6) is 0 Å². The van der Waals surface area contributed by atoms with Crippen LogP contribution in [-0.2, 0) is 29.8 Å². The van der Waals surface area contributed by atoms with E-state index in [0.29, 0.717) is 13.1 Å². The molecule has 1 saturated heterocycles. The molecule has 6 heteroatoms. The summed E-state index contributed by atoms with van der Waals surface area (Å²) in [7, 11) is -3.38. The Kier molecular flexibility index (Phi) is 4.31. The smallest absolute Gasteiger partial charge is 0.279 e. The van der Waals surface area contributed by atoms with Crippen molar-refractivity contribution in [1.82, 2.24) is 14.3 Å². The van der Waals surface area contributed by atoms with Gasteiger partial charge in [0.2, 0.25) is 0 Å². The third-order valence-electron chi connectivity index (χ3n) is 4.41. The normalized spacial score (nSPS) is 23.2. The highest BCUT2D eigenvalue weighted by atomic mass is 32.2. The van der Waals surface area contributed by atoms with Gasteiger partial charge in [-0.05, 0) is 36.5 Å². The van der Waals surface area contributed by atoms with Gasteiger partial charge in [0, 0.05) is 32.2 Å². The Morgan fingerprint density at radius 1 is 1.29 bits per heavy atom. The van der Waals surface area contributed by atoms with Gasteiger partial charge in [0.15, 0.2) is 0 Å². The first-order valence-corrected chi connectivity index (χ1v) is 9.08. The zero-order chi connectivity index (χ0) is 14.9. The number of fused-ring (bicyclic) bond motifs is 1. The fourth-order valence-corrected chi connectivity index (χ4v) is 4.61. The van der Waals surface area contributed by atoms with Crippen LogP contribution in [-0.4, -0.2) is 25.3 Å². The molecule has 2 aliphatic heterocycles. The van der Waals surface area contributed by atoms with Gasteiger partial charge in [0.05, 0.1) is 0 Å². The molecule has 116 valence electrons. The Balaban J connectivity index is 1.66. The van der Waals surface area contributed by atoms with Gasteiger partial charge in [0.1, 0.15) is 0 Å². The van der Waals surface area contributed by atoms with Gasteiger partial charge in [-0.1, -0.05) is 24.6 Å². The molecule has 2 N–H and O–H groups in total. The van der Waals surface area contributed by atoms with Crippen LogP contribution >= 0.6 is 0 Å². The Hall–Kier alpha value is -0.950. The van der Waals surface area contributed by atoms with Crippen LogP contribution in [0.4, 0.5) is 0 Å². The number of nitrogens with one attached hydrogen (secondary N) is 2. The molecule has 0 aromatic heterocycles.